The molecule has 0 N–H and O–H groups in total. The number of hydrogen-bond donors (Lipinski definition) is 0. The summed E-state index contributed by atoms with van der Waals surface area (Å²) in [6.45, 7) is 6.48. The van der Waals surface area contributed by atoms with E-state index < -0.39 is 0 Å². The monoisotopic (exact) mass is 190 g/mol. The highest BCUT2D eigenvalue weighted by Crippen LogP contribution is 2.25. The van der Waals surface area contributed by atoms with E-state index in [0.717, 1.165) is 5.75 Å². The maximum Gasteiger partial charge on any atom is 0.119 e. The minimum atomic E-state index is 0.548. The van der Waals surface area contributed by atoms with E-state index in [4.69, 9.17) is 4.74 Å². The van der Waals surface area contributed by atoms with Gasteiger partial charge in [-0.1, -0.05) is 32.1 Å². The van der Waals surface area contributed by atoms with Gasteiger partial charge in [-0.3, -0.25) is 0 Å². The van der Waals surface area contributed by atoms with Crippen LogP contribution >= 0.6 is 0 Å². The van der Waals surface area contributed by atoms with Gasteiger partial charge in [0.25, 0.3) is 0 Å². The van der Waals surface area contributed by atoms with Crippen LogP contribution in [0.2, 0.25) is 0 Å². The molecule has 0 fully saturated rings. The average Bonchev–Trinajstić information content (AvgIpc) is 2.19. The minimum Gasteiger partial charge on any atom is -0.497 e. The average molecular weight is 190 g/mol. The van der Waals surface area contributed by atoms with E-state index in [1.54, 1.807) is 7.11 Å². The second-order valence-corrected chi connectivity index (χ2v) is 3.63. The van der Waals surface area contributed by atoms with Crippen molar-refractivity contribution in [2.75, 3.05) is 7.11 Å². The first-order valence-corrected chi connectivity index (χ1v) is 4.99. The fraction of sp³-hybridized carbons (Fsp3) is 0.385. The van der Waals surface area contributed by atoms with Gasteiger partial charge in [-0.15, -0.1) is 0 Å². The molecule has 1 rings (SSSR count). The Morgan fingerprint density at radius 2 is 2.07 bits per heavy atom. The van der Waals surface area contributed by atoms with Gasteiger partial charge in [-0.2, -0.15) is 0 Å². The molecule has 0 atom stereocenters. The van der Waals surface area contributed by atoms with Crippen LogP contribution in [0.25, 0.3) is 5.57 Å². The lowest BCUT2D eigenvalue weighted by Crippen LogP contribution is -1.94. The quantitative estimate of drug-likeness (QED) is 0.705. The molecular weight excluding hydrogens is 172 g/mol. The zero-order valence-electron chi connectivity index (χ0n) is 9.37. The Bertz CT molecular complexity index is 324. The van der Waals surface area contributed by atoms with Crippen LogP contribution in [0.4, 0.5) is 0 Å². The lowest BCUT2D eigenvalue weighted by Gasteiger charge is -2.12. The van der Waals surface area contributed by atoms with Gasteiger partial charge in [-0.05, 0) is 36.1 Å². The third-order valence-electron chi connectivity index (χ3n) is 2.34. The topological polar surface area (TPSA) is 9.23 Å². The third-order valence-corrected chi connectivity index (χ3v) is 2.34. The van der Waals surface area contributed by atoms with E-state index >= 15 is 0 Å². The van der Waals surface area contributed by atoms with Crippen LogP contribution in [0.15, 0.2) is 30.3 Å². The maximum atomic E-state index is 5.20. The molecule has 1 aromatic rings. The lowest BCUT2D eigenvalue weighted by molar-refractivity contribution is 0.414. The van der Waals surface area contributed by atoms with E-state index in [1.807, 2.05) is 12.1 Å². The number of methoxy groups -OCH3 is 1. The van der Waals surface area contributed by atoms with Crippen LogP contribution < -0.4 is 4.74 Å². The second kappa shape index (κ2) is 4.85. The van der Waals surface area contributed by atoms with E-state index in [-0.39, 0.29) is 0 Å². The van der Waals surface area contributed by atoms with E-state index in [1.165, 1.54) is 11.1 Å². The zero-order chi connectivity index (χ0) is 10.6. The molecule has 0 heterocycles. The summed E-state index contributed by atoms with van der Waals surface area (Å²) in [4.78, 5) is 0. The molecule has 0 saturated heterocycles. The van der Waals surface area contributed by atoms with Crippen LogP contribution in [0.5, 0.6) is 5.75 Å². The molecule has 0 saturated carbocycles. The van der Waals surface area contributed by atoms with Gasteiger partial charge < -0.3 is 4.74 Å². The molecule has 0 aliphatic rings. The molecule has 0 aromatic heterocycles. The van der Waals surface area contributed by atoms with Crippen molar-refractivity contribution >= 4 is 5.57 Å². The van der Waals surface area contributed by atoms with Crippen molar-refractivity contribution in [3.8, 4) is 5.75 Å². The molecule has 0 aliphatic carbocycles. The van der Waals surface area contributed by atoms with Gasteiger partial charge in [0.1, 0.15) is 5.75 Å². The molecule has 0 unspecified atom stereocenters. The zero-order valence-corrected chi connectivity index (χ0v) is 9.37. The van der Waals surface area contributed by atoms with E-state index in [0.29, 0.717) is 5.92 Å². The molecule has 1 heteroatoms. The van der Waals surface area contributed by atoms with Crippen molar-refractivity contribution in [2.24, 2.45) is 5.92 Å². The van der Waals surface area contributed by atoms with Crippen LogP contribution in [-0.4, -0.2) is 7.11 Å². The summed E-state index contributed by atoms with van der Waals surface area (Å²) >= 11 is 0. The first kappa shape index (κ1) is 10.8. The first-order chi connectivity index (χ1) is 6.69. The van der Waals surface area contributed by atoms with E-state index in [2.05, 4.69) is 39.0 Å². The fourth-order valence-corrected chi connectivity index (χ4v) is 1.64. The third kappa shape index (κ3) is 2.38. The van der Waals surface area contributed by atoms with Gasteiger partial charge in [0.05, 0.1) is 7.11 Å². The molecule has 0 aliphatic heterocycles. The normalized spacial score (nSPS) is 11.9. The maximum absolute atomic E-state index is 5.20. The largest absolute Gasteiger partial charge is 0.497 e. The Morgan fingerprint density at radius 3 is 2.57 bits per heavy atom. The minimum absolute atomic E-state index is 0.548. The predicted molar refractivity (Wildman–Crippen MR) is 61.5 cm³/mol. The van der Waals surface area contributed by atoms with Crippen molar-refractivity contribution in [3.05, 3.63) is 35.9 Å². The Morgan fingerprint density at radius 1 is 1.36 bits per heavy atom. The van der Waals surface area contributed by atoms with E-state index in [9.17, 15) is 0 Å². The van der Waals surface area contributed by atoms with Crippen molar-refractivity contribution < 1.29 is 4.74 Å². The number of hydrogen-bond acceptors (Lipinski definition) is 1. The Balaban J connectivity index is 3.05. The Labute approximate surface area is 86.4 Å². The Hall–Kier alpha value is -1.24. The van der Waals surface area contributed by atoms with Gasteiger partial charge in [0, 0.05) is 0 Å². The van der Waals surface area contributed by atoms with Crippen molar-refractivity contribution in [1.82, 2.24) is 0 Å². The highest BCUT2D eigenvalue weighted by molar-refractivity contribution is 5.67. The number of allylic oxidation sites excluding steroid dienone is 2. The molecular formula is C13H18O. The Kier molecular flexibility index (Phi) is 3.75. The second-order valence-electron chi connectivity index (χ2n) is 3.63. The summed E-state index contributed by atoms with van der Waals surface area (Å²) in [6.07, 6.45) is 2.17. The van der Waals surface area contributed by atoms with Gasteiger partial charge >= 0.3 is 0 Å². The predicted octanol–water partition coefficient (Wildman–Crippen LogP) is 3.75. The molecule has 1 nitrogen and oxygen atoms in total. The molecule has 0 amide bonds. The highest BCUT2D eigenvalue weighted by atomic mass is 16.5. The summed E-state index contributed by atoms with van der Waals surface area (Å²) < 4.78 is 5.20. The molecule has 0 spiro atoms. The van der Waals surface area contributed by atoms with Crippen LogP contribution in [0.3, 0.4) is 0 Å². The smallest absolute Gasteiger partial charge is 0.119 e. The van der Waals surface area contributed by atoms with Gasteiger partial charge in [-0.25, -0.2) is 0 Å². The molecule has 1 aromatic carbocycles. The van der Waals surface area contributed by atoms with Gasteiger partial charge in [0.15, 0.2) is 0 Å². The highest BCUT2D eigenvalue weighted by Gasteiger charge is 2.05. The van der Waals surface area contributed by atoms with Gasteiger partial charge in [0.2, 0.25) is 0 Å². The van der Waals surface area contributed by atoms with Crippen molar-refractivity contribution in [2.45, 2.75) is 20.8 Å². The van der Waals surface area contributed by atoms with Crippen LogP contribution in [0, 0.1) is 5.92 Å². The molecule has 0 radical (unpaired) electrons. The number of benzene rings is 1. The van der Waals surface area contributed by atoms with Crippen molar-refractivity contribution in [3.63, 3.8) is 0 Å². The fourth-order valence-electron chi connectivity index (χ4n) is 1.64. The van der Waals surface area contributed by atoms with Crippen molar-refractivity contribution in [1.29, 1.82) is 0 Å². The number of ether oxygens (including phenoxy) is 1. The van der Waals surface area contributed by atoms with Crippen LogP contribution in [-0.2, 0) is 0 Å². The SMILES string of the molecule is C/C=C(\c1cccc(OC)c1)C(C)C. The lowest BCUT2D eigenvalue weighted by atomic mass is 9.95. The summed E-state index contributed by atoms with van der Waals surface area (Å²) in [5.41, 5.74) is 2.62. The summed E-state index contributed by atoms with van der Waals surface area (Å²) in [7, 11) is 1.70. The standard InChI is InChI=1S/C13H18O/c1-5-13(10(2)3)11-7-6-8-12(9-11)14-4/h5-10H,1-4H3/b13-5-. The number of rotatable bonds is 3. The molecule has 76 valence electrons. The summed E-state index contributed by atoms with van der Waals surface area (Å²) in [5, 5.41) is 0. The molecule has 14 heavy (non-hydrogen) atoms. The molecule has 0 bridgehead atoms. The summed E-state index contributed by atoms with van der Waals surface area (Å²) in [6, 6.07) is 8.20. The summed E-state index contributed by atoms with van der Waals surface area (Å²) in [5.74, 6) is 1.47. The van der Waals surface area contributed by atoms with Crippen LogP contribution in [0.1, 0.15) is 26.3 Å². The first-order valence-electron chi connectivity index (χ1n) is 4.99.